The van der Waals surface area contributed by atoms with Crippen LogP contribution in [0.3, 0.4) is 0 Å². The maximum atomic E-state index is 13.3. The van der Waals surface area contributed by atoms with Crippen LogP contribution in [0.1, 0.15) is 47.9 Å². The summed E-state index contributed by atoms with van der Waals surface area (Å²) in [6, 6.07) is 18.1. The third-order valence-electron chi connectivity index (χ3n) is 7.66. The number of esters is 1. The molecule has 1 aliphatic heterocycles. The number of anilines is 1. The van der Waals surface area contributed by atoms with Crippen LogP contribution in [0.5, 0.6) is 5.75 Å². The van der Waals surface area contributed by atoms with Crippen molar-refractivity contribution in [2.75, 3.05) is 25.2 Å². The van der Waals surface area contributed by atoms with E-state index in [0.717, 1.165) is 53.6 Å². The van der Waals surface area contributed by atoms with Gasteiger partial charge in [0.25, 0.3) is 0 Å². The summed E-state index contributed by atoms with van der Waals surface area (Å²) in [5, 5.41) is 11.2. The number of hydrogen-bond acceptors (Lipinski definition) is 7. The van der Waals surface area contributed by atoms with Crippen LogP contribution < -0.4 is 15.0 Å². The van der Waals surface area contributed by atoms with Gasteiger partial charge in [0.15, 0.2) is 0 Å². The molecule has 232 valence electrons. The number of ether oxygens (including phenoxy) is 3. The molecule has 1 unspecified atom stereocenters. The number of alkyl carbamates (subject to hydrolysis) is 1. The van der Waals surface area contributed by atoms with Crippen molar-refractivity contribution in [2.45, 2.75) is 58.6 Å². The minimum Gasteiger partial charge on any atom is -0.493 e. The molecule has 3 aromatic rings. The van der Waals surface area contributed by atoms with Crippen molar-refractivity contribution in [3.63, 3.8) is 0 Å². The molecule has 0 fully saturated rings. The average Bonchev–Trinajstić information content (AvgIpc) is 3.02. The molecule has 44 heavy (non-hydrogen) atoms. The SMILES string of the molecule is COC(=O)C(CC(=O)O)NC(=O)OCc1cccc(-c2cccc3c2CCCN3C(=O)CCCOc2cccc(C)c2C)c1. The predicted octanol–water partition coefficient (Wildman–Crippen LogP) is 5.35. The number of amides is 2. The Morgan fingerprint density at radius 2 is 1.80 bits per heavy atom. The molecule has 2 N–H and O–H groups in total. The van der Waals surface area contributed by atoms with Gasteiger partial charge in [0.05, 0.1) is 20.1 Å². The number of benzene rings is 3. The number of nitrogens with one attached hydrogen (secondary N) is 1. The zero-order valence-electron chi connectivity index (χ0n) is 25.3. The summed E-state index contributed by atoms with van der Waals surface area (Å²) in [5.41, 5.74) is 6.89. The predicted molar refractivity (Wildman–Crippen MR) is 165 cm³/mol. The van der Waals surface area contributed by atoms with E-state index in [0.29, 0.717) is 31.6 Å². The molecule has 1 atom stereocenters. The second kappa shape index (κ2) is 15.0. The van der Waals surface area contributed by atoms with Crippen LogP contribution in [0, 0.1) is 13.8 Å². The molecule has 4 rings (SSSR count). The first kappa shape index (κ1) is 32.1. The number of carboxylic acids is 1. The molecule has 10 nitrogen and oxygen atoms in total. The van der Waals surface area contributed by atoms with Gasteiger partial charge in [-0.15, -0.1) is 0 Å². The Bertz CT molecular complexity index is 1520. The molecule has 0 aromatic heterocycles. The van der Waals surface area contributed by atoms with Gasteiger partial charge < -0.3 is 29.5 Å². The maximum absolute atomic E-state index is 13.3. The molecular weight excluding hydrogens is 564 g/mol. The fourth-order valence-corrected chi connectivity index (χ4v) is 5.25. The Balaban J connectivity index is 1.39. The highest BCUT2D eigenvalue weighted by atomic mass is 16.6. The van der Waals surface area contributed by atoms with Gasteiger partial charge >= 0.3 is 18.0 Å². The lowest BCUT2D eigenvalue weighted by molar-refractivity contribution is -0.148. The Morgan fingerprint density at radius 1 is 1.02 bits per heavy atom. The Hall–Kier alpha value is -4.86. The normalized spacial score (nSPS) is 12.9. The summed E-state index contributed by atoms with van der Waals surface area (Å²) in [6.45, 7) is 5.11. The second-order valence-electron chi connectivity index (χ2n) is 10.7. The van der Waals surface area contributed by atoms with Crippen molar-refractivity contribution in [2.24, 2.45) is 0 Å². The van der Waals surface area contributed by atoms with Crippen molar-refractivity contribution >= 4 is 29.6 Å². The minimum atomic E-state index is -1.36. The summed E-state index contributed by atoms with van der Waals surface area (Å²) >= 11 is 0. The van der Waals surface area contributed by atoms with Gasteiger partial charge in [0.2, 0.25) is 5.91 Å². The molecule has 0 spiro atoms. The van der Waals surface area contributed by atoms with E-state index in [2.05, 4.69) is 10.1 Å². The Labute approximate surface area is 256 Å². The van der Waals surface area contributed by atoms with E-state index in [-0.39, 0.29) is 12.5 Å². The summed E-state index contributed by atoms with van der Waals surface area (Å²) in [6.07, 6.45) is 1.10. The summed E-state index contributed by atoms with van der Waals surface area (Å²) < 4.78 is 15.8. The van der Waals surface area contributed by atoms with Crippen molar-refractivity contribution in [3.8, 4) is 16.9 Å². The van der Waals surface area contributed by atoms with Gasteiger partial charge in [-0.25, -0.2) is 9.59 Å². The highest BCUT2D eigenvalue weighted by Gasteiger charge is 2.26. The highest BCUT2D eigenvalue weighted by molar-refractivity contribution is 5.96. The number of carboxylic acid groups (broad SMARTS) is 1. The summed E-state index contributed by atoms with van der Waals surface area (Å²) in [4.78, 5) is 50.3. The summed E-state index contributed by atoms with van der Waals surface area (Å²) in [7, 11) is 1.11. The van der Waals surface area contributed by atoms with Gasteiger partial charge in [-0.1, -0.05) is 42.5 Å². The van der Waals surface area contributed by atoms with E-state index in [1.165, 1.54) is 5.56 Å². The average molecular weight is 603 g/mol. The Morgan fingerprint density at radius 3 is 2.57 bits per heavy atom. The fourth-order valence-electron chi connectivity index (χ4n) is 5.25. The van der Waals surface area contributed by atoms with Gasteiger partial charge in [-0.05, 0) is 84.7 Å². The first-order valence-corrected chi connectivity index (χ1v) is 14.6. The lowest BCUT2D eigenvalue weighted by Crippen LogP contribution is -2.43. The smallest absolute Gasteiger partial charge is 0.408 e. The fraction of sp³-hybridized carbons (Fsp3) is 0.353. The van der Waals surface area contributed by atoms with Gasteiger partial charge in [0.1, 0.15) is 18.4 Å². The first-order valence-electron chi connectivity index (χ1n) is 14.6. The molecule has 0 saturated carbocycles. The lowest BCUT2D eigenvalue weighted by atomic mass is 9.91. The number of hydrogen-bond donors (Lipinski definition) is 2. The van der Waals surface area contributed by atoms with E-state index >= 15 is 0 Å². The van der Waals surface area contributed by atoms with E-state index in [1.807, 2.05) is 73.3 Å². The van der Waals surface area contributed by atoms with E-state index in [4.69, 9.17) is 14.6 Å². The molecule has 0 aliphatic carbocycles. The molecule has 0 bridgehead atoms. The molecule has 10 heteroatoms. The van der Waals surface area contributed by atoms with Crippen molar-refractivity contribution in [3.05, 3.63) is 82.9 Å². The summed E-state index contributed by atoms with van der Waals surface area (Å²) in [5.74, 6) is -1.23. The zero-order chi connectivity index (χ0) is 31.6. The lowest BCUT2D eigenvalue weighted by Gasteiger charge is -2.31. The number of carbonyl (C=O) groups is 4. The van der Waals surface area contributed by atoms with Gasteiger partial charge in [-0.2, -0.15) is 0 Å². The number of methoxy groups -OCH3 is 1. The van der Waals surface area contributed by atoms with Gasteiger partial charge in [0, 0.05) is 18.7 Å². The van der Waals surface area contributed by atoms with Crippen LogP contribution in [-0.4, -0.2) is 55.3 Å². The minimum absolute atomic E-state index is 0.0639. The van der Waals surface area contributed by atoms with Crippen molar-refractivity contribution in [1.29, 1.82) is 0 Å². The quantitative estimate of drug-likeness (QED) is 0.210. The van der Waals surface area contributed by atoms with Crippen LogP contribution in [0.2, 0.25) is 0 Å². The molecule has 2 amide bonds. The second-order valence-corrected chi connectivity index (χ2v) is 10.7. The first-order chi connectivity index (χ1) is 21.2. The van der Waals surface area contributed by atoms with Crippen LogP contribution in [0.4, 0.5) is 10.5 Å². The van der Waals surface area contributed by atoms with E-state index in [1.54, 1.807) is 6.07 Å². The van der Waals surface area contributed by atoms with E-state index in [9.17, 15) is 19.2 Å². The standard InChI is InChI=1S/C34H38N2O8/c1-22-9-4-15-30(23(22)2)43-18-8-16-31(37)36-17-7-13-27-26(12-6-14-29(27)36)25-11-5-10-24(19-25)21-44-34(41)35-28(20-32(38)39)33(40)42-3/h4-6,9-12,14-15,19,28H,7-8,13,16-18,20-21H2,1-3H3,(H,35,41)(H,38,39). The van der Waals surface area contributed by atoms with Crippen LogP contribution >= 0.6 is 0 Å². The largest absolute Gasteiger partial charge is 0.493 e. The van der Waals surface area contributed by atoms with Crippen LogP contribution in [-0.2, 0) is 36.9 Å². The third-order valence-corrected chi connectivity index (χ3v) is 7.66. The number of fused-ring (bicyclic) bond motifs is 1. The third kappa shape index (κ3) is 8.15. The number of rotatable bonds is 12. The molecule has 1 aliphatic rings. The van der Waals surface area contributed by atoms with Crippen LogP contribution in [0.15, 0.2) is 60.7 Å². The van der Waals surface area contributed by atoms with Crippen LogP contribution in [0.25, 0.3) is 11.1 Å². The Kier molecular flexibility index (Phi) is 11.0. The van der Waals surface area contributed by atoms with E-state index < -0.39 is 30.5 Å². The number of nitrogens with zero attached hydrogens (tertiary/aromatic N) is 1. The molecule has 1 heterocycles. The number of aliphatic carboxylic acids is 1. The molecule has 3 aromatic carbocycles. The maximum Gasteiger partial charge on any atom is 0.408 e. The number of aryl methyl sites for hydroxylation is 1. The number of carbonyl (C=O) groups excluding carboxylic acids is 3. The van der Waals surface area contributed by atoms with Crippen molar-refractivity contribution in [1.82, 2.24) is 5.32 Å². The molecule has 0 saturated heterocycles. The zero-order valence-corrected chi connectivity index (χ0v) is 25.3. The monoisotopic (exact) mass is 602 g/mol. The van der Waals surface area contributed by atoms with Crippen molar-refractivity contribution < 1.29 is 38.5 Å². The molecule has 0 radical (unpaired) electrons. The highest BCUT2D eigenvalue weighted by Crippen LogP contribution is 2.36. The molecular formula is C34H38N2O8. The topological polar surface area (TPSA) is 131 Å². The van der Waals surface area contributed by atoms with Gasteiger partial charge in [-0.3, -0.25) is 9.59 Å².